The quantitative estimate of drug-likeness (QED) is 0.0427. The molecule has 7 rings (SSSR count). The van der Waals surface area contributed by atoms with Gasteiger partial charge in [-0.2, -0.15) is 32.2 Å². The van der Waals surface area contributed by atoms with Crippen molar-refractivity contribution in [1.29, 1.82) is 0 Å². The summed E-state index contributed by atoms with van der Waals surface area (Å²) < 4.78 is 67.7. The Morgan fingerprint density at radius 2 is 0.850 bits per heavy atom. The van der Waals surface area contributed by atoms with Gasteiger partial charge in [0.1, 0.15) is 26.9 Å². The minimum absolute atomic E-state index is 0.0329. The number of aromatic hydroxyl groups is 2. The highest BCUT2D eigenvalue weighted by Crippen LogP contribution is 2.42. The molecule has 1 amide bonds. The highest BCUT2D eigenvalue weighted by Gasteiger charge is 2.21. The van der Waals surface area contributed by atoms with E-state index in [1.54, 1.807) is 66.7 Å². The molecule has 0 aliphatic carbocycles. The topological polar surface area (TPSA) is 290 Å². The number of carboxylic acid groups (broad SMARTS) is 1. The molecular formula is C40H27N7O11S2. The lowest BCUT2D eigenvalue weighted by atomic mass is 10.1. The number of azo groups is 3. The van der Waals surface area contributed by atoms with Crippen LogP contribution in [0.5, 0.6) is 11.5 Å². The molecule has 0 atom stereocenters. The van der Waals surface area contributed by atoms with Crippen molar-refractivity contribution in [2.75, 3.05) is 5.32 Å². The Morgan fingerprint density at radius 3 is 1.27 bits per heavy atom. The van der Waals surface area contributed by atoms with Crippen LogP contribution < -0.4 is 5.32 Å². The SMILES string of the molecule is O=C(O)C(=O)Nc1cc(N=Nc2cc(S(=O)(=O)O)c3ccccc3c2O)ccc1N=Nc1ccc(-c2ccc(N=Nc3cc(S(=O)(=O)O)c4ccccc4c3O)cc2)cc1. The van der Waals surface area contributed by atoms with E-state index in [4.69, 9.17) is 0 Å². The maximum Gasteiger partial charge on any atom is 0.394 e. The van der Waals surface area contributed by atoms with Crippen molar-refractivity contribution in [2.45, 2.75) is 9.79 Å². The maximum absolute atomic E-state index is 12.1. The Kier molecular flexibility index (Phi) is 10.9. The molecule has 0 aliphatic rings. The van der Waals surface area contributed by atoms with Gasteiger partial charge in [-0.1, -0.05) is 72.8 Å². The molecule has 0 saturated heterocycles. The van der Waals surface area contributed by atoms with Crippen LogP contribution in [0.1, 0.15) is 0 Å². The predicted octanol–water partition coefficient (Wildman–Crippen LogP) is 9.83. The Hall–Kier alpha value is -7.78. The number of anilines is 1. The van der Waals surface area contributed by atoms with E-state index < -0.39 is 47.7 Å². The number of aliphatic carboxylic acids is 1. The Labute approximate surface area is 339 Å². The molecule has 0 aliphatic heterocycles. The molecule has 20 heteroatoms. The van der Waals surface area contributed by atoms with E-state index in [1.165, 1.54) is 48.5 Å². The molecule has 0 heterocycles. The van der Waals surface area contributed by atoms with Gasteiger partial charge >= 0.3 is 11.9 Å². The third-order valence-electron chi connectivity index (χ3n) is 8.78. The van der Waals surface area contributed by atoms with Gasteiger partial charge in [0.2, 0.25) is 0 Å². The molecule has 0 fully saturated rings. The first-order chi connectivity index (χ1) is 28.6. The van der Waals surface area contributed by atoms with Crippen LogP contribution >= 0.6 is 0 Å². The van der Waals surface area contributed by atoms with Crippen molar-refractivity contribution in [3.05, 3.63) is 127 Å². The van der Waals surface area contributed by atoms with Crippen LogP contribution in [-0.2, 0) is 29.8 Å². The Bertz CT molecular complexity index is 3190. The second kappa shape index (κ2) is 16.2. The van der Waals surface area contributed by atoms with Crippen LogP contribution in [0.25, 0.3) is 32.7 Å². The number of carboxylic acids is 1. The number of benzene rings is 7. The molecular weight excluding hydrogens is 819 g/mol. The van der Waals surface area contributed by atoms with Crippen LogP contribution in [0.3, 0.4) is 0 Å². The van der Waals surface area contributed by atoms with Crippen molar-refractivity contribution in [1.82, 2.24) is 0 Å². The molecule has 300 valence electrons. The summed E-state index contributed by atoms with van der Waals surface area (Å²) in [5.41, 5.74) is 1.78. The van der Waals surface area contributed by atoms with E-state index in [1.807, 2.05) is 0 Å². The van der Waals surface area contributed by atoms with E-state index in [0.29, 0.717) is 11.4 Å². The zero-order chi connectivity index (χ0) is 42.8. The van der Waals surface area contributed by atoms with Crippen LogP contribution in [0.4, 0.5) is 39.8 Å². The fraction of sp³-hybridized carbons (Fsp3) is 0. The molecule has 0 bridgehead atoms. The predicted molar refractivity (Wildman–Crippen MR) is 218 cm³/mol. The number of carbonyl (C=O) groups is 2. The molecule has 7 aromatic carbocycles. The number of hydrogen-bond acceptors (Lipinski definition) is 14. The fourth-order valence-electron chi connectivity index (χ4n) is 5.93. The lowest BCUT2D eigenvalue weighted by molar-refractivity contribution is -0.147. The number of carbonyl (C=O) groups excluding carboxylic acids is 1. The highest BCUT2D eigenvalue weighted by atomic mass is 32.2. The van der Waals surface area contributed by atoms with Gasteiger partial charge in [-0.05, 0) is 65.7 Å². The third kappa shape index (κ3) is 8.71. The number of phenols is 2. The second-order valence-electron chi connectivity index (χ2n) is 12.7. The zero-order valence-electron chi connectivity index (χ0n) is 30.3. The molecule has 0 unspecified atom stereocenters. The first-order valence-electron chi connectivity index (χ1n) is 17.2. The van der Waals surface area contributed by atoms with Crippen LogP contribution in [0.15, 0.2) is 168 Å². The summed E-state index contributed by atoms with van der Waals surface area (Å²) in [6.45, 7) is 0. The molecule has 0 aromatic heterocycles. The van der Waals surface area contributed by atoms with Crippen LogP contribution in [0.2, 0.25) is 0 Å². The van der Waals surface area contributed by atoms with Crippen molar-refractivity contribution in [2.24, 2.45) is 30.7 Å². The van der Waals surface area contributed by atoms with Gasteiger partial charge in [0.05, 0.1) is 22.7 Å². The third-order valence-corrected chi connectivity index (χ3v) is 10.6. The smallest absolute Gasteiger partial charge is 0.394 e. The second-order valence-corrected chi connectivity index (χ2v) is 15.5. The average Bonchev–Trinajstić information content (AvgIpc) is 3.22. The Balaban J connectivity index is 1.09. The zero-order valence-corrected chi connectivity index (χ0v) is 31.9. The maximum atomic E-state index is 12.1. The van der Waals surface area contributed by atoms with Gasteiger partial charge in [-0.25, -0.2) is 4.79 Å². The van der Waals surface area contributed by atoms with E-state index >= 15 is 0 Å². The summed E-state index contributed by atoms with van der Waals surface area (Å²) in [6.07, 6.45) is 0. The Morgan fingerprint density at radius 1 is 0.467 bits per heavy atom. The number of rotatable bonds is 10. The summed E-state index contributed by atoms with van der Waals surface area (Å²) in [5.74, 6) is -3.90. The molecule has 0 radical (unpaired) electrons. The molecule has 60 heavy (non-hydrogen) atoms. The first-order valence-corrected chi connectivity index (χ1v) is 20.0. The summed E-state index contributed by atoms with van der Waals surface area (Å²) in [6, 6.07) is 31.5. The van der Waals surface area contributed by atoms with Crippen molar-refractivity contribution in [3.8, 4) is 22.6 Å². The van der Waals surface area contributed by atoms with Crippen molar-refractivity contribution in [3.63, 3.8) is 0 Å². The van der Waals surface area contributed by atoms with E-state index in [9.17, 15) is 50.8 Å². The van der Waals surface area contributed by atoms with Gasteiger partial charge < -0.3 is 20.6 Å². The first kappa shape index (κ1) is 40.4. The molecule has 0 spiro atoms. The number of nitrogens with zero attached hydrogens (tertiary/aromatic N) is 6. The highest BCUT2D eigenvalue weighted by molar-refractivity contribution is 7.86. The monoisotopic (exact) mass is 845 g/mol. The largest absolute Gasteiger partial charge is 0.505 e. The van der Waals surface area contributed by atoms with E-state index in [0.717, 1.165) is 23.3 Å². The lowest BCUT2D eigenvalue weighted by Gasteiger charge is -2.09. The molecule has 18 nitrogen and oxygen atoms in total. The number of phenolic OH excluding ortho intramolecular Hbond substituents is 2. The minimum atomic E-state index is -4.72. The van der Waals surface area contributed by atoms with Gasteiger partial charge in [0.15, 0.2) is 11.5 Å². The number of amides is 1. The average molecular weight is 846 g/mol. The van der Waals surface area contributed by atoms with Crippen LogP contribution in [0, 0.1) is 0 Å². The molecule has 0 saturated carbocycles. The van der Waals surface area contributed by atoms with Gasteiger partial charge in [0, 0.05) is 21.5 Å². The fourth-order valence-corrected chi connectivity index (χ4v) is 7.36. The standard InChI is InChI=1S/C40H27N7O11S2/c48-37-29-7-3-1-5-27(29)35(59(53,54)55)20-33(37)46-43-25-15-11-23(12-16-25)22-9-13-24(14-10-22)42-45-31-18-17-26(19-32(31)41-39(50)40(51)52)44-47-34-21-36(60(56,57)58)28-6-2-4-8-30(28)38(34)49/h1-21,48-49H,(H,41,50)(H,51,52)(H,53,54,55)(H,56,57,58). The molecule has 6 N–H and O–H groups in total. The summed E-state index contributed by atoms with van der Waals surface area (Å²) in [5, 5.41) is 57.7. The van der Waals surface area contributed by atoms with Gasteiger partial charge in [-0.15, -0.1) is 15.3 Å². The number of fused-ring (bicyclic) bond motifs is 2. The summed E-state index contributed by atoms with van der Waals surface area (Å²) >= 11 is 0. The van der Waals surface area contributed by atoms with E-state index in [-0.39, 0.29) is 55.7 Å². The number of nitrogens with one attached hydrogen (secondary N) is 1. The summed E-state index contributed by atoms with van der Waals surface area (Å²) in [4.78, 5) is 22.5. The van der Waals surface area contributed by atoms with Crippen LogP contribution in [-0.4, -0.2) is 53.1 Å². The number of hydrogen-bond donors (Lipinski definition) is 6. The summed E-state index contributed by atoms with van der Waals surface area (Å²) in [7, 11) is -9.36. The molecule has 7 aromatic rings. The van der Waals surface area contributed by atoms with Gasteiger partial charge in [-0.3, -0.25) is 13.9 Å². The lowest BCUT2D eigenvalue weighted by Crippen LogP contribution is -2.21. The van der Waals surface area contributed by atoms with Gasteiger partial charge in [0.25, 0.3) is 20.2 Å². The van der Waals surface area contributed by atoms with E-state index in [2.05, 4.69) is 36.0 Å². The van der Waals surface area contributed by atoms with Crippen molar-refractivity contribution < 1.29 is 50.8 Å². The normalized spacial score (nSPS) is 12.2. The van der Waals surface area contributed by atoms with Crippen molar-refractivity contribution >= 4 is 93.5 Å². The minimum Gasteiger partial charge on any atom is -0.505 e.